The van der Waals surface area contributed by atoms with E-state index in [0.717, 1.165) is 0 Å². The van der Waals surface area contributed by atoms with Crippen LogP contribution in [0.3, 0.4) is 0 Å². The first-order valence-corrected chi connectivity index (χ1v) is 6.87. The summed E-state index contributed by atoms with van der Waals surface area (Å²) >= 11 is 3.19. The lowest BCUT2D eigenvalue weighted by molar-refractivity contribution is -0.149. The Labute approximate surface area is 120 Å². The van der Waals surface area contributed by atoms with Gasteiger partial charge in [0, 0.05) is 12.7 Å². The number of carboxylic acid groups (broad SMARTS) is 1. The highest BCUT2D eigenvalue weighted by atomic mass is 79.9. The van der Waals surface area contributed by atoms with Gasteiger partial charge in [0.1, 0.15) is 4.60 Å². The lowest BCUT2D eigenvalue weighted by Crippen LogP contribution is -2.42. The maximum atomic E-state index is 11.9. The fraction of sp³-hybridized carbons (Fsp3) is 0.462. The van der Waals surface area contributed by atoms with Gasteiger partial charge >= 0.3 is 5.97 Å². The van der Waals surface area contributed by atoms with Crippen molar-refractivity contribution in [1.82, 2.24) is 10.3 Å². The van der Waals surface area contributed by atoms with Crippen molar-refractivity contribution in [2.45, 2.75) is 26.7 Å². The highest BCUT2D eigenvalue weighted by Gasteiger charge is 2.35. The van der Waals surface area contributed by atoms with E-state index in [2.05, 4.69) is 26.2 Å². The average molecular weight is 329 g/mol. The fourth-order valence-electron chi connectivity index (χ4n) is 1.74. The van der Waals surface area contributed by atoms with E-state index >= 15 is 0 Å². The predicted octanol–water partition coefficient (Wildman–Crippen LogP) is 2.46. The van der Waals surface area contributed by atoms with Gasteiger partial charge in [0.05, 0.1) is 11.0 Å². The number of nitrogens with one attached hydrogen (secondary N) is 1. The van der Waals surface area contributed by atoms with Crippen LogP contribution in [0.5, 0.6) is 0 Å². The molecule has 5 nitrogen and oxygen atoms in total. The van der Waals surface area contributed by atoms with E-state index in [1.807, 2.05) is 13.8 Å². The van der Waals surface area contributed by atoms with Crippen molar-refractivity contribution >= 4 is 27.8 Å². The van der Waals surface area contributed by atoms with Crippen molar-refractivity contribution in [2.24, 2.45) is 5.41 Å². The largest absolute Gasteiger partial charge is 0.481 e. The molecule has 2 N–H and O–H groups in total. The van der Waals surface area contributed by atoms with E-state index in [9.17, 15) is 14.7 Å². The molecule has 0 atom stereocenters. The van der Waals surface area contributed by atoms with Gasteiger partial charge in [-0.05, 0) is 40.9 Å². The molecule has 0 spiro atoms. The third-order valence-corrected chi connectivity index (χ3v) is 3.85. The van der Waals surface area contributed by atoms with Gasteiger partial charge in [-0.1, -0.05) is 13.8 Å². The summed E-state index contributed by atoms with van der Waals surface area (Å²) in [7, 11) is 0. The van der Waals surface area contributed by atoms with Crippen LogP contribution in [0.15, 0.2) is 22.9 Å². The summed E-state index contributed by atoms with van der Waals surface area (Å²) < 4.78 is 0.644. The van der Waals surface area contributed by atoms with Gasteiger partial charge in [-0.3, -0.25) is 9.59 Å². The van der Waals surface area contributed by atoms with Crippen LogP contribution in [-0.4, -0.2) is 28.5 Å². The molecule has 0 aromatic carbocycles. The maximum Gasteiger partial charge on any atom is 0.311 e. The van der Waals surface area contributed by atoms with Crippen LogP contribution in [0.4, 0.5) is 0 Å². The molecule has 1 rings (SSSR count). The van der Waals surface area contributed by atoms with Gasteiger partial charge < -0.3 is 10.4 Å². The van der Waals surface area contributed by atoms with Gasteiger partial charge in [0.25, 0.3) is 5.91 Å². The van der Waals surface area contributed by atoms with Gasteiger partial charge in [0.2, 0.25) is 0 Å². The summed E-state index contributed by atoms with van der Waals surface area (Å²) in [4.78, 5) is 27.2. The summed E-state index contributed by atoms with van der Waals surface area (Å²) in [6, 6.07) is 3.30. The van der Waals surface area contributed by atoms with Crippen molar-refractivity contribution in [3.63, 3.8) is 0 Å². The molecule has 19 heavy (non-hydrogen) atoms. The molecular weight excluding hydrogens is 312 g/mol. The van der Waals surface area contributed by atoms with Gasteiger partial charge in [-0.2, -0.15) is 0 Å². The standard InChI is InChI=1S/C13H17BrN2O3/c1-3-13(4-2,12(18)19)8-16-11(17)9-5-6-10(14)15-7-9/h5-7H,3-4,8H2,1-2H3,(H,16,17)(H,18,19). The second-order valence-corrected chi connectivity index (χ2v) is 5.16. The molecule has 0 aliphatic carbocycles. The van der Waals surface area contributed by atoms with Crippen molar-refractivity contribution in [3.05, 3.63) is 28.5 Å². The van der Waals surface area contributed by atoms with Gasteiger partial charge in [-0.15, -0.1) is 0 Å². The molecular formula is C13H17BrN2O3. The normalized spacial score (nSPS) is 11.1. The monoisotopic (exact) mass is 328 g/mol. The molecule has 0 aliphatic heterocycles. The molecule has 0 radical (unpaired) electrons. The summed E-state index contributed by atoms with van der Waals surface area (Å²) in [5, 5.41) is 11.9. The predicted molar refractivity (Wildman–Crippen MR) is 74.9 cm³/mol. The van der Waals surface area contributed by atoms with Crippen LogP contribution in [0.2, 0.25) is 0 Å². The Balaban J connectivity index is 2.72. The minimum Gasteiger partial charge on any atom is -0.481 e. The maximum absolute atomic E-state index is 11.9. The Hall–Kier alpha value is -1.43. The number of aromatic nitrogens is 1. The molecule has 0 unspecified atom stereocenters. The number of carbonyl (C=O) groups excluding carboxylic acids is 1. The van der Waals surface area contributed by atoms with Crippen molar-refractivity contribution in [3.8, 4) is 0 Å². The third kappa shape index (κ3) is 3.76. The lowest BCUT2D eigenvalue weighted by atomic mass is 9.82. The number of nitrogens with zero attached hydrogens (tertiary/aromatic N) is 1. The van der Waals surface area contributed by atoms with Crippen LogP contribution in [-0.2, 0) is 4.79 Å². The molecule has 1 aromatic heterocycles. The Morgan fingerprint density at radius 1 is 1.37 bits per heavy atom. The van der Waals surface area contributed by atoms with Crippen LogP contribution in [0.25, 0.3) is 0 Å². The third-order valence-electron chi connectivity index (χ3n) is 3.38. The van der Waals surface area contributed by atoms with Gasteiger partial charge in [0.15, 0.2) is 0 Å². The Morgan fingerprint density at radius 3 is 2.42 bits per heavy atom. The number of hydrogen-bond donors (Lipinski definition) is 2. The molecule has 0 saturated heterocycles. The van der Waals surface area contributed by atoms with Crippen LogP contribution in [0.1, 0.15) is 37.0 Å². The fourth-order valence-corrected chi connectivity index (χ4v) is 1.97. The van der Waals surface area contributed by atoms with Crippen LogP contribution >= 0.6 is 15.9 Å². The molecule has 6 heteroatoms. The minimum atomic E-state index is -0.904. The van der Waals surface area contributed by atoms with Crippen molar-refractivity contribution in [1.29, 1.82) is 0 Å². The number of aliphatic carboxylic acids is 1. The molecule has 0 aliphatic rings. The topological polar surface area (TPSA) is 79.3 Å². The van der Waals surface area contributed by atoms with E-state index in [1.54, 1.807) is 12.1 Å². The zero-order valence-electron chi connectivity index (χ0n) is 10.9. The van der Waals surface area contributed by atoms with Crippen LogP contribution < -0.4 is 5.32 Å². The van der Waals surface area contributed by atoms with E-state index < -0.39 is 11.4 Å². The van der Waals surface area contributed by atoms with Gasteiger partial charge in [-0.25, -0.2) is 4.98 Å². The number of halogens is 1. The molecule has 0 fully saturated rings. The first kappa shape index (κ1) is 15.6. The first-order chi connectivity index (χ1) is 8.95. The quantitative estimate of drug-likeness (QED) is 0.786. The highest BCUT2D eigenvalue weighted by molar-refractivity contribution is 9.10. The molecule has 1 aromatic rings. The molecule has 1 heterocycles. The van der Waals surface area contributed by atoms with E-state index in [1.165, 1.54) is 6.20 Å². The second-order valence-electron chi connectivity index (χ2n) is 4.34. The smallest absolute Gasteiger partial charge is 0.311 e. The Kier molecular flexibility index (Phi) is 5.47. The summed E-state index contributed by atoms with van der Waals surface area (Å²) in [5.41, 5.74) is -0.493. The zero-order chi connectivity index (χ0) is 14.5. The number of carboxylic acids is 1. The summed E-state index contributed by atoms with van der Waals surface area (Å²) in [6.07, 6.45) is 2.38. The Bertz CT molecular complexity index is 455. The molecule has 104 valence electrons. The average Bonchev–Trinajstić information content (AvgIpc) is 2.40. The SMILES string of the molecule is CCC(CC)(CNC(=O)c1ccc(Br)nc1)C(=O)O. The lowest BCUT2D eigenvalue weighted by Gasteiger charge is -2.26. The zero-order valence-corrected chi connectivity index (χ0v) is 12.5. The number of pyridine rings is 1. The summed E-state index contributed by atoms with van der Waals surface area (Å²) in [5.74, 6) is -1.20. The number of amides is 1. The highest BCUT2D eigenvalue weighted by Crippen LogP contribution is 2.25. The number of rotatable bonds is 6. The summed E-state index contributed by atoms with van der Waals surface area (Å²) in [6.45, 7) is 3.74. The molecule has 1 amide bonds. The molecule has 0 bridgehead atoms. The van der Waals surface area contributed by atoms with E-state index in [-0.39, 0.29) is 12.5 Å². The number of carbonyl (C=O) groups is 2. The molecule has 0 saturated carbocycles. The van der Waals surface area contributed by atoms with Crippen molar-refractivity contribution < 1.29 is 14.7 Å². The minimum absolute atomic E-state index is 0.115. The second kappa shape index (κ2) is 6.65. The number of hydrogen-bond acceptors (Lipinski definition) is 3. The van der Waals surface area contributed by atoms with Crippen LogP contribution in [0, 0.1) is 5.41 Å². The van der Waals surface area contributed by atoms with Crippen molar-refractivity contribution in [2.75, 3.05) is 6.54 Å². The van der Waals surface area contributed by atoms with E-state index in [4.69, 9.17) is 0 Å². The van der Waals surface area contributed by atoms with E-state index in [0.29, 0.717) is 23.0 Å². The Morgan fingerprint density at radius 2 is 2.00 bits per heavy atom. The first-order valence-electron chi connectivity index (χ1n) is 6.08.